The number of esters is 1. The van der Waals surface area contributed by atoms with Crippen molar-refractivity contribution in [3.05, 3.63) is 59.7 Å². The standard InChI is InChI=1S/C17H17NO7/c1-23-16-10-12(5-7-15(16)19)6-8-17(20)25-14-4-2-3-13(9-14)11-24-18(21)22/h2-10,19,21-22H,11H2,1H3/b8-6+. The number of benzene rings is 2. The molecule has 0 saturated carbocycles. The summed E-state index contributed by atoms with van der Waals surface area (Å²) < 4.78 is 10.2. The van der Waals surface area contributed by atoms with Crippen LogP contribution in [0.4, 0.5) is 0 Å². The lowest BCUT2D eigenvalue weighted by molar-refractivity contribution is -0.497. The first kappa shape index (κ1) is 18.4. The van der Waals surface area contributed by atoms with Gasteiger partial charge in [-0.05, 0) is 41.5 Å². The van der Waals surface area contributed by atoms with Crippen LogP contribution in [-0.4, -0.2) is 34.0 Å². The minimum Gasteiger partial charge on any atom is -0.504 e. The van der Waals surface area contributed by atoms with E-state index in [9.17, 15) is 9.90 Å². The molecule has 0 saturated heterocycles. The molecule has 0 bridgehead atoms. The number of hydrogen-bond donors (Lipinski definition) is 3. The van der Waals surface area contributed by atoms with E-state index in [2.05, 4.69) is 4.84 Å². The quantitative estimate of drug-likeness (QED) is 0.303. The van der Waals surface area contributed by atoms with E-state index in [1.807, 2.05) is 0 Å². The van der Waals surface area contributed by atoms with Crippen molar-refractivity contribution in [2.45, 2.75) is 6.61 Å². The summed E-state index contributed by atoms with van der Waals surface area (Å²) in [6.45, 7) is -0.110. The molecule has 0 aliphatic rings. The molecule has 25 heavy (non-hydrogen) atoms. The van der Waals surface area contributed by atoms with Crippen LogP contribution >= 0.6 is 0 Å². The van der Waals surface area contributed by atoms with Crippen LogP contribution in [0.15, 0.2) is 48.5 Å². The smallest absolute Gasteiger partial charge is 0.336 e. The van der Waals surface area contributed by atoms with E-state index < -0.39 is 11.4 Å². The van der Waals surface area contributed by atoms with Gasteiger partial charge in [0.1, 0.15) is 5.75 Å². The molecule has 132 valence electrons. The van der Waals surface area contributed by atoms with Crippen LogP contribution in [0.1, 0.15) is 11.1 Å². The summed E-state index contributed by atoms with van der Waals surface area (Å²) in [4.78, 5) is 16.4. The predicted octanol–water partition coefficient (Wildman–Crippen LogP) is 2.53. The van der Waals surface area contributed by atoms with Crippen molar-refractivity contribution in [2.75, 3.05) is 7.11 Å². The van der Waals surface area contributed by atoms with Gasteiger partial charge in [-0.3, -0.25) is 10.4 Å². The van der Waals surface area contributed by atoms with Crippen LogP contribution in [-0.2, 0) is 16.2 Å². The molecule has 0 radical (unpaired) electrons. The highest BCUT2D eigenvalue weighted by atomic mass is 17.1. The molecule has 0 heterocycles. The van der Waals surface area contributed by atoms with Gasteiger partial charge in [-0.1, -0.05) is 18.2 Å². The molecule has 0 aliphatic carbocycles. The molecule has 0 unspecified atom stereocenters. The van der Waals surface area contributed by atoms with Crippen molar-refractivity contribution in [3.8, 4) is 17.2 Å². The monoisotopic (exact) mass is 347 g/mol. The first-order chi connectivity index (χ1) is 12.0. The topological polar surface area (TPSA) is 109 Å². The number of carbonyl (C=O) groups excluding carboxylic acids is 1. The van der Waals surface area contributed by atoms with E-state index in [0.717, 1.165) is 0 Å². The van der Waals surface area contributed by atoms with Gasteiger partial charge in [0.25, 0.3) is 0 Å². The van der Waals surface area contributed by atoms with Gasteiger partial charge in [-0.15, -0.1) is 0 Å². The first-order valence-corrected chi connectivity index (χ1v) is 7.14. The molecule has 0 fully saturated rings. The van der Waals surface area contributed by atoms with Gasteiger partial charge in [0, 0.05) is 6.08 Å². The molecular weight excluding hydrogens is 330 g/mol. The molecule has 2 rings (SSSR count). The molecule has 2 aromatic rings. The summed E-state index contributed by atoms with van der Waals surface area (Å²) in [6.07, 6.45) is 2.75. The molecule has 8 heteroatoms. The highest BCUT2D eigenvalue weighted by Gasteiger charge is 2.05. The zero-order valence-corrected chi connectivity index (χ0v) is 13.3. The number of methoxy groups -OCH3 is 1. The third-order valence-corrected chi connectivity index (χ3v) is 3.08. The van der Waals surface area contributed by atoms with Crippen molar-refractivity contribution in [1.82, 2.24) is 5.39 Å². The Morgan fingerprint density at radius 1 is 1.20 bits per heavy atom. The van der Waals surface area contributed by atoms with Crippen molar-refractivity contribution in [1.29, 1.82) is 0 Å². The van der Waals surface area contributed by atoms with Crippen LogP contribution in [0, 0.1) is 0 Å². The molecular formula is C17H17NO7. The Morgan fingerprint density at radius 3 is 2.72 bits per heavy atom. The third kappa shape index (κ3) is 5.90. The fourth-order valence-corrected chi connectivity index (χ4v) is 1.94. The van der Waals surface area contributed by atoms with Gasteiger partial charge in [0.05, 0.1) is 19.1 Å². The molecule has 0 aromatic heterocycles. The minimum atomic E-state index is -0.601. The average molecular weight is 347 g/mol. The average Bonchev–Trinajstić information content (AvgIpc) is 2.59. The summed E-state index contributed by atoms with van der Waals surface area (Å²) in [6, 6.07) is 11.1. The third-order valence-electron chi connectivity index (χ3n) is 3.08. The molecule has 0 amide bonds. The lowest BCUT2D eigenvalue weighted by atomic mass is 10.2. The van der Waals surface area contributed by atoms with Crippen LogP contribution in [0.25, 0.3) is 6.08 Å². The number of phenolic OH excluding ortho intramolecular Hbond substituents is 1. The summed E-state index contributed by atoms with van der Waals surface area (Å²) in [5, 5.41) is 26.1. The Morgan fingerprint density at radius 2 is 2.00 bits per heavy atom. The van der Waals surface area contributed by atoms with Crippen molar-refractivity contribution in [3.63, 3.8) is 0 Å². The van der Waals surface area contributed by atoms with Crippen LogP contribution in [0.2, 0.25) is 0 Å². The molecule has 0 spiro atoms. The molecule has 2 aromatic carbocycles. The summed E-state index contributed by atoms with van der Waals surface area (Å²) >= 11 is 0. The van der Waals surface area contributed by atoms with Gasteiger partial charge in [0.15, 0.2) is 11.5 Å². The van der Waals surface area contributed by atoms with Crippen LogP contribution in [0.5, 0.6) is 17.2 Å². The highest BCUT2D eigenvalue weighted by Crippen LogP contribution is 2.26. The number of phenols is 1. The highest BCUT2D eigenvalue weighted by molar-refractivity contribution is 5.88. The molecule has 0 aliphatic heterocycles. The van der Waals surface area contributed by atoms with Crippen molar-refractivity contribution < 1.29 is 34.6 Å². The summed E-state index contributed by atoms with van der Waals surface area (Å²) in [5.41, 5.74) is 1.23. The maximum atomic E-state index is 11.9. The van der Waals surface area contributed by atoms with Gasteiger partial charge in [-0.25, -0.2) is 9.63 Å². The Hall–Kier alpha value is -2.91. The molecule has 3 N–H and O–H groups in total. The predicted molar refractivity (Wildman–Crippen MR) is 86.0 cm³/mol. The Kier molecular flexibility index (Phi) is 6.49. The number of nitrogens with zero attached hydrogens (tertiary/aromatic N) is 1. The van der Waals surface area contributed by atoms with Gasteiger partial charge in [-0.2, -0.15) is 0 Å². The van der Waals surface area contributed by atoms with Crippen molar-refractivity contribution >= 4 is 12.0 Å². The Balaban J connectivity index is 1.99. The number of carbonyl (C=O) groups is 1. The number of hydrogen-bond acceptors (Lipinski definition) is 8. The number of aromatic hydroxyl groups is 1. The normalized spacial score (nSPS) is 11.0. The zero-order valence-electron chi connectivity index (χ0n) is 13.3. The maximum absolute atomic E-state index is 11.9. The lowest BCUT2D eigenvalue weighted by Gasteiger charge is -2.07. The van der Waals surface area contributed by atoms with Gasteiger partial charge >= 0.3 is 5.97 Å². The van der Waals surface area contributed by atoms with Gasteiger partial charge < -0.3 is 14.6 Å². The van der Waals surface area contributed by atoms with E-state index in [4.69, 9.17) is 19.9 Å². The Bertz CT molecular complexity index is 758. The fourth-order valence-electron chi connectivity index (χ4n) is 1.94. The summed E-state index contributed by atoms with van der Waals surface area (Å²) in [5.74, 6) is -0.0202. The van der Waals surface area contributed by atoms with Gasteiger partial charge in [0.2, 0.25) is 0 Å². The van der Waals surface area contributed by atoms with E-state index in [-0.39, 0.29) is 18.1 Å². The van der Waals surface area contributed by atoms with Crippen molar-refractivity contribution in [2.24, 2.45) is 0 Å². The summed E-state index contributed by atoms with van der Waals surface area (Å²) in [7, 11) is 1.43. The molecule has 8 nitrogen and oxygen atoms in total. The van der Waals surface area contributed by atoms with Crippen LogP contribution < -0.4 is 9.47 Å². The fraction of sp³-hybridized carbons (Fsp3) is 0.118. The number of ether oxygens (including phenoxy) is 2. The number of rotatable bonds is 7. The second-order valence-corrected chi connectivity index (χ2v) is 4.86. The molecule has 0 atom stereocenters. The second kappa shape index (κ2) is 8.81. The SMILES string of the molecule is COc1cc(/C=C/C(=O)Oc2cccc(CON(O)O)c2)ccc1O. The van der Waals surface area contributed by atoms with Crippen LogP contribution in [0.3, 0.4) is 0 Å². The minimum absolute atomic E-state index is 0.00517. The maximum Gasteiger partial charge on any atom is 0.336 e. The van der Waals surface area contributed by atoms with E-state index in [0.29, 0.717) is 16.9 Å². The lowest BCUT2D eigenvalue weighted by Crippen LogP contribution is -2.13. The zero-order chi connectivity index (χ0) is 18.2. The largest absolute Gasteiger partial charge is 0.504 e. The second-order valence-electron chi connectivity index (χ2n) is 4.86. The van der Waals surface area contributed by atoms with E-state index >= 15 is 0 Å². The van der Waals surface area contributed by atoms with E-state index in [1.54, 1.807) is 30.3 Å². The van der Waals surface area contributed by atoms with E-state index in [1.165, 1.54) is 31.4 Å². The first-order valence-electron chi connectivity index (χ1n) is 7.14. The Labute approximate surface area is 143 Å².